The second-order valence-corrected chi connectivity index (χ2v) is 7.18. The molecule has 0 aromatic heterocycles. The summed E-state index contributed by atoms with van der Waals surface area (Å²) < 4.78 is 0. The van der Waals surface area contributed by atoms with Gasteiger partial charge in [-0.05, 0) is 45.2 Å². The largest absolute Gasteiger partial charge is 0.392 e. The van der Waals surface area contributed by atoms with Gasteiger partial charge < -0.3 is 25.1 Å². The molecule has 0 radical (unpaired) electrons. The topological polar surface area (TPSA) is 76.1 Å². The fraction of sp³-hybridized carbons (Fsp3) is 0.882. The van der Waals surface area contributed by atoms with Gasteiger partial charge in [0.25, 0.3) is 0 Å². The minimum Gasteiger partial charge on any atom is -0.392 e. The second-order valence-electron chi connectivity index (χ2n) is 7.18. The average Bonchev–Trinajstić information content (AvgIpc) is 2.58. The van der Waals surface area contributed by atoms with E-state index in [1.54, 1.807) is 19.0 Å². The van der Waals surface area contributed by atoms with E-state index in [-0.39, 0.29) is 24.0 Å². The Morgan fingerprint density at radius 3 is 2.50 bits per heavy atom. The highest BCUT2D eigenvalue weighted by atomic mass is 16.3. The molecule has 2 saturated heterocycles. The average molecular weight is 340 g/mol. The van der Waals surface area contributed by atoms with Gasteiger partial charge in [-0.3, -0.25) is 4.79 Å². The minimum atomic E-state index is -0.191. The molecule has 2 rings (SSSR count). The summed E-state index contributed by atoms with van der Waals surface area (Å²) in [6, 6.07) is 0.0255. The van der Waals surface area contributed by atoms with Gasteiger partial charge in [0.2, 0.25) is 5.91 Å². The van der Waals surface area contributed by atoms with Crippen molar-refractivity contribution in [1.82, 2.24) is 20.0 Å². The first-order chi connectivity index (χ1) is 11.5. The predicted octanol–water partition coefficient (Wildman–Crippen LogP) is 0.343. The molecule has 0 saturated carbocycles. The molecule has 0 aliphatic carbocycles. The third-order valence-electron chi connectivity index (χ3n) is 4.95. The number of urea groups is 1. The number of β-amino-alcohol motifs (C(OH)–C–C–N with tert-alkyl or cyclic N) is 1. The van der Waals surface area contributed by atoms with Gasteiger partial charge in [-0.15, -0.1) is 0 Å². The van der Waals surface area contributed by atoms with E-state index in [2.05, 4.69) is 10.2 Å². The van der Waals surface area contributed by atoms with Crippen molar-refractivity contribution >= 4 is 11.9 Å². The molecule has 2 aliphatic heterocycles. The molecule has 7 heteroatoms. The number of carbonyl (C=O) groups excluding carboxylic acids is 2. The zero-order chi connectivity index (χ0) is 17.5. The molecule has 2 heterocycles. The number of nitrogens with zero attached hydrogens (tertiary/aromatic N) is 3. The third-order valence-corrected chi connectivity index (χ3v) is 4.95. The van der Waals surface area contributed by atoms with Crippen molar-refractivity contribution in [3.8, 4) is 0 Å². The Bertz CT molecular complexity index is 422. The van der Waals surface area contributed by atoms with Crippen LogP contribution in [-0.4, -0.2) is 91.2 Å². The van der Waals surface area contributed by atoms with Crippen molar-refractivity contribution in [3.05, 3.63) is 0 Å². The van der Waals surface area contributed by atoms with Gasteiger partial charge in [0.05, 0.1) is 6.10 Å². The van der Waals surface area contributed by atoms with Crippen molar-refractivity contribution in [3.63, 3.8) is 0 Å². The third kappa shape index (κ3) is 5.63. The van der Waals surface area contributed by atoms with Crippen LogP contribution in [0, 0.1) is 5.92 Å². The highest BCUT2D eigenvalue weighted by Crippen LogP contribution is 2.18. The lowest BCUT2D eigenvalue weighted by Gasteiger charge is -2.33. The van der Waals surface area contributed by atoms with E-state index >= 15 is 0 Å². The van der Waals surface area contributed by atoms with Crippen LogP contribution in [0.4, 0.5) is 4.79 Å². The zero-order valence-electron chi connectivity index (χ0n) is 15.0. The summed E-state index contributed by atoms with van der Waals surface area (Å²) in [5, 5.41) is 12.7. The van der Waals surface area contributed by atoms with Crippen molar-refractivity contribution in [1.29, 1.82) is 0 Å². The number of piperidine rings is 2. The maximum atomic E-state index is 12.2. The Morgan fingerprint density at radius 1 is 1.17 bits per heavy atom. The molecule has 7 nitrogen and oxygen atoms in total. The van der Waals surface area contributed by atoms with E-state index in [9.17, 15) is 14.7 Å². The quantitative estimate of drug-likeness (QED) is 0.708. The normalized spacial score (nSPS) is 23.1. The van der Waals surface area contributed by atoms with E-state index in [0.717, 1.165) is 51.7 Å². The van der Waals surface area contributed by atoms with Gasteiger partial charge in [0, 0.05) is 46.2 Å². The summed E-state index contributed by atoms with van der Waals surface area (Å²) in [6.07, 6.45) is 4.16. The fourth-order valence-corrected chi connectivity index (χ4v) is 3.51. The molecule has 24 heavy (non-hydrogen) atoms. The molecule has 2 aliphatic rings. The Labute approximate surface area is 145 Å². The summed E-state index contributed by atoms with van der Waals surface area (Å²) in [5.41, 5.74) is 0. The minimum absolute atomic E-state index is 0.0213. The Balaban J connectivity index is 1.59. The monoisotopic (exact) mass is 340 g/mol. The SMILES string of the molecule is CN(C)C(=O)N1CCC(C(=O)NCCCN2CCCC(O)C2)CC1. The van der Waals surface area contributed by atoms with Gasteiger partial charge in [0.1, 0.15) is 0 Å². The summed E-state index contributed by atoms with van der Waals surface area (Å²) in [4.78, 5) is 29.8. The molecule has 2 N–H and O–H groups in total. The smallest absolute Gasteiger partial charge is 0.319 e. The number of amides is 3. The van der Waals surface area contributed by atoms with Crippen LogP contribution in [-0.2, 0) is 4.79 Å². The molecule has 2 fully saturated rings. The number of carbonyl (C=O) groups is 2. The summed E-state index contributed by atoms with van der Waals surface area (Å²) in [5.74, 6) is 0.138. The Kier molecular flexibility index (Phi) is 7.30. The number of hydrogen-bond donors (Lipinski definition) is 2. The summed E-state index contributed by atoms with van der Waals surface area (Å²) >= 11 is 0. The first-order valence-corrected chi connectivity index (χ1v) is 9.11. The van der Waals surface area contributed by atoms with Crippen molar-refractivity contribution < 1.29 is 14.7 Å². The number of aliphatic hydroxyl groups excluding tert-OH is 1. The first-order valence-electron chi connectivity index (χ1n) is 9.11. The Hall–Kier alpha value is -1.34. The predicted molar refractivity (Wildman–Crippen MR) is 92.7 cm³/mol. The van der Waals surface area contributed by atoms with E-state index < -0.39 is 0 Å². The van der Waals surface area contributed by atoms with E-state index in [0.29, 0.717) is 19.6 Å². The van der Waals surface area contributed by atoms with Crippen molar-refractivity contribution in [2.75, 3.05) is 53.4 Å². The number of nitrogens with one attached hydrogen (secondary N) is 1. The van der Waals surface area contributed by atoms with Crippen molar-refractivity contribution in [2.24, 2.45) is 5.92 Å². The standard InChI is InChI=1S/C17H32N4O3/c1-19(2)17(24)21-11-6-14(7-12-21)16(23)18-8-4-10-20-9-3-5-15(22)13-20/h14-15,22H,3-13H2,1-2H3,(H,18,23). The number of rotatable bonds is 5. The highest BCUT2D eigenvalue weighted by molar-refractivity contribution is 5.79. The molecule has 1 unspecified atom stereocenters. The molecule has 0 spiro atoms. The Morgan fingerprint density at radius 2 is 1.88 bits per heavy atom. The van der Waals surface area contributed by atoms with Crippen LogP contribution in [0.1, 0.15) is 32.1 Å². The van der Waals surface area contributed by atoms with Crippen LogP contribution in [0.2, 0.25) is 0 Å². The maximum absolute atomic E-state index is 12.2. The molecule has 1 atom stereocenters. The number of hydrogen-bond acceptors (Lipinski definition) is 4. The molecule has 138 valence electrons. The number of likely N-dealkylation sites (tertiary alicyclic amines) is 2. The van der Waals surface area contributed by atoms with Gasteiger partial charge in [-0.1, -0.05) is 0 Å². The molecular weight excluding hydrogens is 308 g/mol. The lowest BCUT2D eigenvalue weighted by molar-refractivity contribution is -0.126. The summed E-state index contributed by atoms with van der Waals surface area (Å²) in [7, 11) is 3.50. The lowest BCUT2D eigenvalue weighted by atomic mass is 9.96. The molecule has 0 aromatic carbocycles. The fourth-order valence-electron chi connectivity index (χ4n) is 3.51. The van der Waals surface area contributed by atoms with Crippen LogP contribution in [0.25, 0.3) is 0 Å². The first kappa shape index (κ1) is 19.0. The maximum Gasteiger partial charge on any atom is 0.319 e. The summed E-state index contributed by atoms with van der Waals surface area (Å²) in [6.45, 7) is 4.71. The van der Waals surface area contributed by atoms with Crippen LogP contribution < -0.4 is 5.32 Å². The van der Waals surface area contributed by atoms with Crippen LogP contribution >= 0.6 is 0 Å². The second kappa shape index (κ2) is 9.22. The number of aliphatic hydroxyl groups is 1. The highest BCUT2D eigenvalue weighted by Gasteiger charge is 2.27. The van der Waals surface area contributed by atoms with Crippen LogP contribution in [0.3, 0.4) is 0 Å². The molecular formula is C17H32N4O3. The molecule has 0 bridgehead atoms. The van der Waals surface area contributed by atoms with Crippen LogP contribution in [0.5, 0.6) is 0 Å². The van der Waals surface area contributed by atoms with Gasteiger partial charge in [0.15, 0.2) is 0 Å². The van der Waals surface area contributed by atoms with E-state index in [1.807, 2.05) is 4.90 Å². The van der Waals surface area contributed by atoms with E-state index in [1.165, 1.54) is 0 Å². The lowest BCUT2D eigenvalue weighted by Crippen LogP contribution is -2.46. The van der Waals surface area contributed by atoms with Gasteiger partial charge in [-0.25, -0.2) is 4.79 Å². The molecule has 3 amide bonds. The molecule has 0 aromatic rings. The zero-order valence-corrected chi connectivity index (χ0v) is 15.0. The van der Waals surface area contributed by atoms with E-state index in [4.69, 9.17) is 0 Å². The van der Waals surface area contributed by atoms with Gasteiger partial charge >= 0.3 is 6.03 Å². The van der Waals surface area contributed by atoms with Crippen LogP contribution in [0.15, 0.2) is 0 Å². The van der Waals surface area contributed by atoms with Crippen molar-refractivity contribution in [2.45, 2.75) is 38.2 Å². The van der Waals surface area contributed by atoms with Gasteiger partial charge in [-0.2, -0.15) is 0 Å².